The molecule has 0 N–H and O–H groups in total. The molecular formula is C9H11NO2. The Morgan fingerprint density at radius 3 is 2.17 bits per heavy atom. The molecule has 0 amide bonds. The Labute approximate surface area is 71.2 Å². The molecule has 0 aliphatic rings. The van der Waals surface area contributed by atoms with E-state index in [1.165, 1.54) is 0 Å². The molecule has 0 radical (unpaired) electrons. The second-order valence-corrected chi connectivity index (χ2v) is 2.99. The zero-order valence-corrected chi connectivity index (χ0v) is 7.20. The summed E-state index contributed by atoms with van der Waals surface area (Å²) in [5, 5.41) is 10.2. The van der Waals surface area contributed by atoms with Crippen LogP contribution in [0.25, 0.3) is 0 Å². The van der Waals surface area contributed by atoms with Gasteiger partial charge in [-0.05, 0) is 26.0 Å². The Morgan fingerprint density at radius 1 is 1.25 bits per heavy atom. The Balaban J connectivity index is 2.93. The van der Waals surface area contributed by atoms with Crippen molar-refractivity contribution in [3.63, 3.8) is 0 Å². The van der Waals surface area contributed by atoms with Crippen molar-refractivity contribution in [2.75, 3.05) is 0 Å². The third kappa shape index (κ3) is 2.34. The van der Waals surface area contributed by atoms with E-state index in [9.17, 15) is 10.1 Å². The summed E-state index contributed by atoms with van der Waals surface area (Å²) in [6.45, 7) is 3.80. The fourth-order valence-corrected chi connectivity index (χ4v) is 1.31. The van der Waals surface area contributed by atoms with Gasteiger partial charge in [-0.3, -0.25) is 10.1 Å². The molecule has 0 aliphatic heterocycles. The van der Waals surface area contributed by atoms with E-state index in [0.29, 0.717) is 0 Å². The minimum absolute atomic E-state index is 0.0808. The van der Waals surface area contributed by atoms with Crippen LogP contribution in [0.1, 0.15) is 16.7 Å². The van der Waals surface area contributed by atoms with E-state index in [4.69, 9.17) is 0 Å². The number of benzene rings is 1. The van der Waals surface area contributed by atoms with Crippen LogP contribution in [0, 0.1) is 24.0 Å². The van der Waals surface area contributed by atoms with Gasteiger partial charge >= 0.3 is 0 Å². The van der Waals surface area contributed by atoms with Crippen molar-refractivity contribution < 1.29 is 4.92 Å². The predicted molar refractivity (Wildman–Crippen MR) is 46.6 cm³/mol. The molecular weight excluding hydrogens is 154 g/mol. The minimum Gasteiger partial charge on any atom is -0.264 e. The molecule has 0 heterocycles. The van der Waals surface area contributed by atoms with Crippen LogP contribution < -0.4 is 0 Å². The Kier molecular flexibility index (Phi) is 2.43. The highest BCUT2D eigenvalue weighted by Crippen LogP contribution is 2.09. The smallest absolute Gasteiger partial charge is 0.228 e. The highest BCUT2D eigenvalue weighted by molar-refractivity contribution is 5.27. The van der Waals surface area contributed by atoms with Gasteiger partial charge in [0.1, 0.15) is 0 Å². The summed E-state index contributed by atoms with van der Waals surface area (Å²) in [5.74, 6) is 0. The van der Waals surface area contributed by atoms with Gasteiger partial charge in [0.2, 0.25) is 6.54 Å². The summed E-state index contributed by atoms with van der Waals surface area (Å²) >= 11 is 0. The van der Waals surface area contributed by atoms with Gasteiger partial charge in [0, 0.05) is 10.5 Å². The molecule has 64 valence electrons. The zero-order valence-electron chi connectivity index (χ0n) is 7.20. The van der Waals surface area contributed by atoms with Crippen LogP contribution in [0.5, 0.6) is 0 Å². The Hall–Kier alpha value is -1.38. The van der Waals surface area contributed by atoms with Crippen molar-refractivity contribution >= 4 is 0 Å². The van der Waals surface area contributed by atoms with Gasteiger partial charge in [0.05, 0.1) is 0 Å². The first kappa shape index (κ1) is 8.71. The molecule has 1 aromatic rings. The Morgan fingerprint density at radius 2 is 1.75 bits per heavy atom. The lowest BCUT2D eigenvalue weighted by Crippen LogP contribution is -1.98. The maximum Gasteiger partial charge on any atom is 0.228 e. The molecule has 0 saturated carbocycles. The van der Waals surface area contributed by atoms with Crippen molar-refractivity contribution in [1.82, 2.24) is 0 Å². The third-order valence-electron chi connectivity index (χ3n) is 1.59. The largest absolute Gasteiger partial charge is 0.264 e. The molecule has 0 aromatic heterocycles. The summed E-state index contributed by atoms with van der Waals surface area (Å²) in [4.78, 5) is 9.89. The second-order valence-electron chi connectivity index (χ2n) is 2.99. The number of rotatable bonds is 2. The normalized spacial score (nSPS) is 9.83. The summed E-state index contributed by atoms with van der Waals surface area (Å²) in [7, 11) is 0. The van der Waals surface area contributed by atoms with Crippen molar-refractivity contribution in [3.05, 3.63) is 45.0 Å². The second kappa shape index (κ2) is 3.34. The van der Waals surface area contributed by atoms with Gasteiger partial charge in [-0.25, -0.2) is 0 Å². The summed E-state index contributed by atoms with van der Waals surface area (Å²) in [6.07, 6.45) is 0. The van der Waals surface area contributed by atoms with Crippen LogP contribution in [0.3, 0.4) is 0 Å². The maximum atomic E-state index is 10.2. The maximum absolute atomic E-state index is 10.2. The van der Waals surface area contributed by atoms with E-state index in [1.54, 1.807) is 0 Å². The van der Waals surface area contributed by atoms with Crippen LogP contribution in [0.4, 0.5) is 0 Å². The molecule has 3 heteroatoms. The van der Waals surface area contributed by atoms with E-state index in [0.717, 1.165) is 16.7 Å². The van der Waals surface area contributed by atoms with Gasteiger partial charge in [0.15, 0.2) is 0 Å². The van der Waals surface area contributed by atoms with Gasteiger partial charge in [-0.2, -0.15) is 0 Å². The van der Waals surface area contributed by atoms with Gasteiger partial charge in [-0.1, -0.05) is 17.2 Å². The fraction of sp³-hybridized carbons (Fsp3) is 0.333. The molecule has 0 spiro atoms. The lowest BCUT2D eigenvalue weighted by atomic mass is 10.1. The van der Waals surface area contributed by atoms with E-state index in [-0.39, 0.29) is 11.5 Å². The van der Waals surface area contributed by atoms with Gasteiger partial charge in [-0.15, -0.1) is 0 Å². The Bertz CT molecular complexity index is 287. The molecule has 0 unspecified atom stereocenters. The first-order chi connectivity index (χ1) is 5.58. The van der Waals surface area contributed by atoms with Gasteiger partial charge in [0.25, 0.3) is 0 Å². The molecule has 1 rings (SSSR count). The molecule has 0 fully saturated rings. The molecule has 12 heavy (non-hydrogen) atoms. The SMILES string of the molecule is Cc1cc(C)cc(C[N+](=O)[O-])c1. The summed E-state index contributed by atoms with van der Waals surface area (Å²) in [5.41, 5.74) is 2.93. The van der Waals surface area contributed by atoms with Crippen molar-refractivity contribution in [2.45, 2.75) is 20.4 Å². The number of aryl methyl sites for hydroxylation is 2. The minimum atomic E-state index is -0.311. The topological polar surface area (TPSA) is 43.1 Å². The lowest BCUT2D eigenvalue weighted by Gasteiger charge is -1.99. The molecule has 0 aliphatic carbocycles. The number of nitrogens with zero attached hydrogens (tertiary/aromatic N) is 1. The van der Waals surface area contributed by atoms with Crippen molar-refractivity contribution in [1.29, 1.82) is 0 Å². The molecule has 0 saturated heterocycles. The van der Waals surface area contributed by atoms with Crippen molar-refractivity contribution in [2.24, 2.45) is 0 Å². The standard InChI is InChI=1S/C9H11NO2/c1-7-3-8(2)5-9(4-7)6-10(11)12/h3-5H,6H2,1-2H3. The van der Waals surface area contributed by atoms with Crippen LogP contribution in [0.2, 0.25) is 0 Å². The molecule has 3 nitrogen and oxygen atoms in total. The highest BCUT2D eigenvalue weighted by atomic mass is 16.6. The van der Waals surface area contributed by atoms with Crippen LogP contribution >= 0.6 is 0 Å². The number of nitro groups is 1. The molecule has 1 aromatic carbocycles. The van der Waals surface area contributed by atoms with E-state index in [2.05, 4.69) is 0 Å². The van der Waals surface area contributed by atoms with Crippen molar-refractivity contribution in [3.8, 4) is 0 Å². The van der Waals surface area contributed by atoms with Crippen LogP contribution in [-0.4, -0.2) is 4.92 Å². The number of hydrogen-bond acceptors (Lipinski definition) is 2. The summed E-state index contributed by atoms with van der Waals surface area (Å²) in [6, 6.07) is 5.69. The molecule has 0 bridgehead atoms. The van der Waals surface area contributed by atoms with E-state index in [1.807, 2.05) is 32.0 Å². The monoisotopic (exact) mass is 165 g/mol. The fourth-order valence-electron chi connectivity index (χ4n) is 1.31. The highest BCUT2D eigenvalue weighted by Gasteiger charge is 2.01. The van der Waals surface area contributed by atoms with Gasteiger partial charge < -0.3 is 0 Å². The molecule has 0 atom stereocenters. The third-order valence-corrected chi connectivity index (χ3v) is 1.59. The quantitative estimate of drug-likeness (QED) is 0.497. The average molecular weight is 165 g/mol. The lowest BCUT2D eigenvalue weighted by molar-refractivity contribution is -0.496. The number of hydrogen-bond donors (Lipinski definition) is 0. The first-order valence-corrected chi connectivity index (χ1v) is 3.77. The van der Waals surface area contributed by atoms with E-state index < -0.39 is 0 Å². The van der Waals surface area contributed by atoms with Crippen LogP contribution in [0.15, 0.2) is 18.2 Å². The predicted octanol–water partition coefficient (Wildman–Crippen LogP) is 2.08. The average Bonchev–Trinajstić information content (AvgIpc) is 1.81. The zero-order chi connectivity index (χ0) is 9.14. The van der Waals surface area contributed by atoms with E-state index >= 15 is 0 Å². The summed E-state index contributed by atoms with van der Waals surface area (Å²) < 4.78 is 0. The van der Waals surface area contributed by atoms with Crippen LogP contribution in [-0.2, 0) is 6.54 Å². The first-order valence-electron chi connectivity index (χ1n) is 3.77.